The van der Waals surface area contributed by atoms with Crippen molar-refractivity contribution in [3.8, 4) is 0 Å². The monoisotopic (exact) mass is 434 g/mol. The minimum atomic E-state index is -0.782. The van der Waals surface area contributed by atoms with Crippen LogP contribution in [-0.2, 0) is 4.79 Å². The van der Waals surface area contributed by atoms with Crippen LogP contribution in [0.3, 0.4) is 0 Å². The second-order valence-electron chi connectivity index (χ2n) is 4.28. The van der Waals surface area contributed by atoms with Crippen LogP contribution >= 0.6 is 43.5 Å². The fourth-order valence-corrected chi connectivity index (χ4v) is 2.66. The fraction of sp³-hybridized carbons (Fsp3) is 0.0714. The largest absolute Gasteiger partial charge is 0.370 e. The molecule has 1 amide bonds. The predicted molar refractivity (Wildman–Crippen MR) is 88.8 cm³/mol. The Hall–Kier alpha value is -1.11. The lowest BCUT2D eigenvalue weighted by atomic mass is 10.1. The molecule has 0 aliphatic rings. The summed E-state index contributed by atoms with van der Waals surface area (Å²) in [6, 6.07) is 8.66. The van der Waals surface area contributed by atoms with Crippen molar-refractivity contribution in [3.63, 3.8) is 0 Å². The molecular formula is C14H10Br2ClFN2O. The Morgan fingerprint density at radius 2 is 1.90 bits per heavy atom. The molecule has 0 heterocycles. The molecule has 2 rings (SSSR count). The summed E-state index contributed by atoms with van der Waals surface area (Å²) in [6.07, 6.45) is 0. The van der Waals surface area contributed by atoms with Crippen LogP contribution in [0.5, 0.6) is 0 Å². The maximum atomic E-state index is 13.3. The number of hydrogen-bond acceptors (Lipinski definition) is 2. The van der Waals surface area contributed by atoms with Crippen LogP contribution in [0.2, 0.25) is 5.02 Å². The molecule has 1 unspecified atom stereocenters. The molecule has 2 aromatic carbocycles. The van der Waals surface area contributed by atoms with Crippen molar-refractivity contribution in [1.82, 2.24) is 0 Å². The third kappa shape index (κ3) is 3.96. The van der Waals surface area contributed by atoms with Crippen molar-refractivity contribution in [2.45, 2.75) is 6.04 Å². The molecule has 0 aromatic heterocycles. The highest BCUT2D eigenvalue weighted by Crippen LogP contribution is 2.29. The molecule has 0 saturated carbocycles. The molecular weight excluding hydrogens is 426 g/mol. The SMILES string of the molecule is NC(=O)C(Nc1ccc(Cl)c(Br)c1)c1ccc(F)c(Br)c1. The third-order valence-corrected chi connectivity index (χ3v) is 4.61. The highest BCUT2D eigenvalue weighted by molar-refractivity contribution is 9.10. The van der Waals surface area contributed by atoms with Gasteiger partial charge in [-0.25, -0.2) is 4.39 Å². The highest BCUT2D eigenvalue weighted by atomic mass is 79.9. The van der Waals surface area contributed by atoms with Crippen molar-refractivity contribution in [2.75, 3.05) is 5.32 Å². The molecule has 2 aromatic rings. The lowest BCUT2D eigenvalue weighted by Crippen LogP contribution is -2.27. The van der Waals surface area contributed by atoms with Crippen molar-refractivity contribution in [3.05, 3.63) is 61.7 Å². The first-order chi connectivity index (χ1) is 9.88. The lowest BCUT2D eigenvalue weighted by Gasteiger charge is -2.18. The Morgan fingerprint density at radius 1 is 1.19 bits per heavy atom. The van der Waals surface area contributed by atoms with Gasteiger partial charge in [-0.1, -0.05) is 17.7 Å². The van der Waals surface area contributed by atoms with E-state index in [-0.39, 0.29) is 4.47 Å². The molecule has 0 radical (unpaired) electrons. The van der Waals surface area contributed by atoms with E-state index in [9.17, 15) is 9.18 Å². The summed E-state index contributed by atoms with van der Waals surface area (Å²) in [5, 5.41) is 3.56. The third-order valence-electron chi connectivity index (χ3n) is 2.79. The first kappa shape index (κ1) is 16.3. The summed E-state index contributed by atoms with van der Waals surface area (Å²) in [6.45, 7) is 0. The van der Waals surface area contributed by atoms with Gasteiger partial charge < -0.3 is 11.1 Å². The number of halogens is 4. The second kappa shape index (κ2) is 6.77. The molecule has 0 spiro atoms. The van der Waals surface area contributed by atoms with Gasteiger partial charge in [0.05, 0.1) is 9.50 Å². The number of nitrogens with two attached hydrogens (primary N) is 1. The minimum absolute atomic E-state index is 0.269. The first-order valence-electron chi connectivity index (χ1n) is 5.84. The molecule has 0 fully saturated rings. The molecule has 3 N–H and O–H groups in total. The van der Waals surface area contributed by atoms with Gasteiger partial charge in [0.1, 0.15) is 11.9 Å². The van der Waals surface area contributed by atoms with Gasteiger partial charge >= 0.3 is 0 Å². The number of carbonyl (C=O) groups is 1. The number of benzene rings is 2. The zero-order chi connectivity index (χ0) is 15.6. The van der Waals surface area contributed by atoms with Crippen LogP contribution in [0.25, 0.3) is 0 Å². The molecule has 7 heteroatoms. The van der Waals surface area contributed by atoms with Gasteiger partial charge in [-0.05, 0) is 67.8 Å². The fourth-order valence-electron chi connectivity index (χ4n) is 1.76. The van der Waals surface area contributed by atoms with Gasteiger partial charge in [0, 0.05) is 10.2 Å². The van der Waals surface area contributed by atoms with Crippen LogP contribution in [0.15, 0.2) is 45.3 Å². The molecule has 110 valence electrons. The Balaban J connectivity index is 2.32. The number of nitrogens with one attached hydrogen (secondary N) is 1. The number of rotatable bonds is 4. The van der Waals surface area contributed by atoms with Gasteiger partial charge in [0.15, 0.2) is 0 Å². The molecule has 0 saturated heterocycles. The average molecular weight is 437 g/mol. The van der Waals surface area contributed by atoms with E-state index in [4.69, 9.17) is 17.3 Å². The van der Waals surface area contributed by atoms with Gasteiger partial charge in [0.25, 0.3) is 0 Å². The highest BCUT2D eigenvalue weighted by Gasteiger charge is 2.19. The standard InChI is InChI=1S/C14H10Br2ClFN2O/c15-9-6-8(2-3-11(9)17)20-13(14(19)21)7-1-4-12(18)10(16)5-7/h1-6,13,20H,(H2,19,21). The molecule has 0 bridgehead atoms. The zero-order valence-corrected chi connectivity index (χ0v) is 14.5. The number of anilines is 1. The molecule has 0 aliphatic carbocycles. The van der Waals surface area contributed by atoms with E-state index >= 15 is 0 Å². The van der Waals surface area contributed by atoms with Gasteiger partial charge in [-0.2, -0.15) is 0 Å². The first-order valence-corrected chi connectivity index (χ1v) is 7.80. The summed E-state index contributed by atoms with van der Waals surface area (Å²) >= 11 is 12.3. The predicted octanol–water partition coefficient (Wildman–Crippen LogP) is 4.64. The lowest BCUT2D eigenvalue weighted by molar-refractivity contribution is -0.118. The molecule has 1 atom stereocenters. The normalized spacial score (nSPS) is 12.0. The maximum Gasteiger partial charge on any atom is 0.244 e. The van der Waals surface area contributed by atoms with E-state index in [1.54, 1.807) is 18.2 Å². The molecule has 0 aliphatic heterocycles. The Morgan fingerprint density at radius 3 is 2.48 bits per heavy atom. The van der Waals surface area contributed by atoms with Crippen LogP contribution < -0.4 is 11.1 Å². The van der Waals surface area contributed by atoms with Crippen LogP contribution in [-0.4, -0.2) is 5.91 Å². The Bertz CT molecular complexity index is 697. The van der Waals surface area contributed by atoms with Crippen molar-refractivity contribution >= 4 is 55.1 Å². The Labute approximate surface area is 142 Å². The summed E-state index contributed by atoms with van der Waals surface area (Å²) in [5.41, 5.74) is 6.64. The van der Waals surface area contributed by atoms with E-state index in [1.165, 1.54) is 18.2 Å². The number of amides is 1. The van der Waals surface area contributed by atoms with Crippen LogP contribution in [0.1, 0.15) is 11.6 Å². The summed E-state index contributed by atoms with van der Waals surface area (Å²) in [5.74, 6) is -0.976. The minimum Gasteiger partial charge on any atom is -0.370 e. The van der Waals surface area contributed by atoms with E-state index in [0.717, 1.165) is 0 Å². The number of hydrogen-bond donors (Lipinski definition) is 2. The van der Waals surface area contributed by atoms with Crippen LogP contribution in [0.4, 0.5) is 10.1 Å². The van der Waals surface area contributed by atoms with E-state index in [2.05, 4.69) is 37.2 Å². The smallest absolute Gasteiger partial charge is 0.244 e. The van der Waals surface area contributed by atoms with E-state index in [0.29, 0.717) is 20.7 Å². The van der Waals surface area contributed by atoms with Gasteiger partial charge in [-0.15, -0.1) is 0 Å². The second-order valence-corrected chi connectivity index (χ2v) is 6.40. The maximum absolute atomic E-state index is 13.3. The van der Waals surface area contributed by atoms with E-state index in [1.807, 2.05) is 0 Å². The average Bonchev–Trinajstić information content (AvgIpc) is 2.43. The van der Waals surface area contributed by atoms with Crippen molar-refractivity contribution in [2.24, 2.45) is 5.73 Å². The summed E-state index contributed by atoms with van der Waals surface area (Å²) in [7, 11) is 0. The Kier molecular flexibility index (Phi) is 5.24. The van der Waals surface area contributed by atoms with E-state index < -0.39 is 17.8 Å². The zero-order valence-electron chi connectivity index (χ0n) is 10.5. The topological polar surface area (TPSA) is 55.1 Å². The van der Waals surface area contributed by atoms with Crippen LogP contribution in [0, 0.1) is 5.82 Å². The number of primary amides is 1. The van der Waals surface area contributed by atoms with Crippen molar-refractivity contribution < 1.29 is 9.18 Å². The summed E-state index contributed by atoms with van der Waals surface area (Å²) in [4.78, 5) is 11.7. The van der Waals surface area contributed by atoms with Crippen molar-refractivity contribution in [1.29, 1.82) is 0 Å². The van der Waals surface area contributed by atoms with Gasteiger partial charge in [-0.3, -0.25) is 4.79 Å². The van der Waals surface area contributed by atoms with Gasteiger partial charge in [0.2, 0.25) is 5.91 Å². The molecule has 3 nitrogen and oxygen atoms in total. The quantitative estimate of drug-likeness (QED) is 0.734. The number of carbonyl (C=O) groups excluding carboxylic acids is 1. The summed E-state index contributed by atoms with van der Waals surface area (Å²) < 4.78 is 14.2. The molecule has 21 heavy (non-hydrogen) atoms.